The zero-order chi connectivity index (χ0) is 25.6. The molecule has 0 aromatic rings. The molecule has 0 amide bonds. The number of carboxylic acid groups (broad SMARTS) is 1. The van der Waals surface area contributed by atoms with Gasteiger partial charge in [0.2, 0.25) is 0 Å². The minimum Gasteiger partial charge on any atom is -0.481 e. The molecular formula is C25H42O4. The van der Waals surface area contributed by atoms with E-state index in [1.165, 1.54) is 0 Å². The number of hydrogen-bond donors (Lipinski definition) is 3. The van der Waals surface area contributed by atoms with Crippen LogP contribution in [0.3, 0.4) is 0 Å². The Morgan fingerprint density at radius 2 is 1.83 bits per heavy atom. The highest BCUT2D eigenvalue weighted by Crippen LogP contribution is 2.69. The molecule has 11 atom stereocenters. The maximum Gasteiger partial charge on any atom is 0.303 e. The Bertz CT molecular complexity index is 834. The van der Waals surface area contributed by atoms with Crippen LogP contribution in [0.25, 0.3) is 0 Å². The highest BCUT2D eigenvalue weighted by atomic mass is 16.4. The molecule has 0 aliphatic heterocycles. The van der Waals surface area contributed by atoms with Crippen molar-refractivity contribution in [2.24, 2.45) is 52.3 Å². The summed E-state index contributed by atoms with van der Waals surface area (Å²) in [6, 6.07) is 0. The molecule has 0 aromatic carbocycles. The highest BCUT2D eigenvalue weighted by molar-refractivity contribution is 5.67. The molecule has 4 heteroatoms. The van der Waals surface area contributed by atoms with Gasteiger partial charge in [-0.25, -0.2) is 0 Å². The molecule has 0 radical (unpaired) electrons. The molecule has 0 heterocycles. The van der Waals surface area contributed by atoms with Gasteiger partial charge in [0, 0.05) is 11.9 Å². The second kappa shape index (κ2) is 7.51. The van der Waals surface area contributed by atoms with Crippen LogP contribution in [0.5, 0.6) is 0 Å². The molecule has 4 aliphatic carbocycles. The fraction of sp³-hybridized carbons (Fsp3) is 0.960. The third-order valence-electron chi connectivity index (χ3n) is 9.81. The number of fused-ring (bicyclic) bond motifs is 5. The number of hydrogen-bond acceptors (Lipinski definition) is 3. The van der Waals surface area contributed by atoms with E-state index in [1.54, 1.807) is 0 Å². The van der Waals surface area contributed by atoms with Gasteiger partial charge in [-0.2, -0.15) is 0 Å². The number of rotatable bonds is 4. The molecule has 166 valence electrons. The van der Waals surface area contributed by atoms with Gasteiger partial charge in [-0.05, 0) is 97.1 Å². The van der Waals surface area contributed by atoms with Crippen LogP contribution in [0.2, 0.25) is 0 Å². The quantitative estimate of drug-likeness (QED) is 0.625. The molecule has 0 bridgehead atoms. The number of aliphatic hydroxyl groups excluding tert-OH is 1. The Balaban J connectivity index is 1.77. The average Bonchev–Trinajstić information content (AvgIpc) is 3.05. The summed E-state index contributed by atoms with van der Waals surface area (Å²) < 4.78 is 43.1. The largest absolute Gasteiger partial charge is 0.481 e. The van der Waals surface area contributed by atoms with E-state index < -0.39 is 48.1 Å². The van der Waals surface area contributed by atoms with Crippen molar-refractivity contribution in [3.63, 3.8) is 0 Å². The van der Waals surface area contributed by atoms with E-state index in [-0.39, 0.29) is 47.8 Å². The summed E-state index contributed by atoms with van der Waals surface area (Å²) in [4.78, 5) is 11.4. The lowest BCUT2D eigenvalue weighted by Crippen LogP contribution is -2.62. The van der Waals surface area contributed by atoms with E-state index in [0.717, 1.165) is 25.7 Å². The smallest absolute Gasteiger partial charge is 0.303 e. The zero-order valence-corrected chi connectivity index (χ0v) is 18.3. The second-order valence-corrected chi connectivity index (χ2v) is 11.0. The van der Waals surface area contributed by atoms with Crippen molar-refractivity contribution in [2.45, 2.75) is 97.6 Å². The third-order valence-corrected chi connectivity index (χ3v) is 9.81. The van der Waals surface area contributed by atoms with Crippen LogP contribution < -0.4 is 0 Å². The Kier molecular flexibility index (Phi) is 4.17. The lowest BCUT2D eigenvalue weighted by atomic mass is 9.41. The van der Waals surface area contributed by atoms with Crippen LogP contribution in [0.1, 0.15) is 92.2 Å². The Labute approximate surface area is 183 Å². The van der Waals surface area contributed by atoms with Gasteiger partial charge in [0.1, 0.15) is 0 Å². The number of carbonyl (C=O) groups is 1. The van der Waals surface area contributed by atoms with Gasteiger partial charge < -0.3 is 15.3 Å². The number of aliphatic carboxylic acids is 1. The van der Waals surface area contributed by atoms with Crippen LogP contribution in [-0.2, 0) is 4.79 Å². The molecular weight excluding hydrogens is 364 g/mol. The standard InChI is InChI=1S/C25H42O4/c1-5-16-20-13-15(26)8-10-25(20,4)19-9-11-24(3)17(14(2)12-21(27)28)6-7-18(24)22(19)23(16)29/h14-20,22-23,26,29H,5-13H2,1-4H3,(H,27,28)/t14-,15-,16-,17-,18+,19+,20+,22+,23-,24-,25-/m1/s1/i8D2,13D2,15D. The summed E-state index contributed by atoms with van der Waals surface area (Å²) >= 11 is 0. The SMILES string of the molecule is [2H]C1([2H])C[C@@]2(C)[C@H]([C@@H](CC)[C@@H](O)[C@@H]3[C@@H]2CC[C@]2(C)[C@@H]([C@H](C)CC(=O)O)CC[C@@H]32)C([2H])([2H])[C@]1([2H])O. The predicted octanol–water partition coefficient (Wildman–Crippen LogP) is 4.72. The van der Waals surface area contributed by atoms with Crippen molar-refractivity contribution in [3.05, 3.63) is 0 Å². The van der Waals surface area contributed by atoms with Crippen molar-refractivity contribution in [2.75, 3.05) is 0 Å². The second-order valence-electron chi connectivity index (χ2n) is 11.0. The monoisotopic (exact) mass is 411 g/mol. The molecule has 4 rings (SSSR count). The summed E-state index contributed by atoms with van der Waals surface area (Å²) in [5.41, 5.74) is -0.904. The van der Waals surface area contributed by atoms with Crippen LogP contribution >= 0.6 is 0 Å². The fourth-order valence-corrected chi connectivity index (χ4v) is 8.50. The Morgan fingerprint density at radius 3 is 2.48 bits per heavy atom. The van der Waals surface area contributed by atoms with E-state index in [0.29, 0.717) is 6.42 Å². The summed E-state index contributed by atoms with van der Waals surface area (Å²) in [6.07, 6.45) is -4.72. The van der Waals surface area contributed by atoms with Crippen LogP contribution in [-0.4, -0.2) is 33.5 Å². The van der Waals surface area contributed by atoms with Gasteiger partial charge in [-0.15, -0.1) is 0 Å². The Morgan fingerprint density at radius 1 is 1.14 bits per heavy atom. The molecule has 0 aromatic heterocycles. The minimum absolute atomic E-state index is 0.0337. The molecule has 0 spiro atoms. The van der Waals surface area contributed by atoms with E-state index >= 15 is 0 Å². The number of aliphatic hydroxyl groups is 2. The summed E-state index contributed by atoms with van der Waals surface area (Å²) in [6.45, 7) is 8.11. The van der Waals surface area contributed by atoms with Crippen molar-refractivity contribution < 1.29 is 27.0 Å². The average molecular weight is 412 g/mol. The number of carboxylic acids is 1. The molecule has 4 nitrogen and oxygen atoms in total. The van der Waals surface area contributed by atoms with E-state index in [4.69, 9.17) is 6.85 Å². The molecule has 0 saturated heterocycles. The molecule has 4 saturated carbocycles. The maximum atomic E-state index is 11.8. The van der Waals surface area contributed by atoms with Gasteiger partial charge in [-0.3, -0.25) is 4.79 Å². The molecule has 0 unspecified atom stereocenters. The topological polar surface area (TPSA) is 77.8 Å². The van der Waals surface area contributed by atoms with Crippen molar-refractivity contribution in [3.8, 4) is 0 Å². The normalized spacial score (nSPS) is 61.4. The first-order valence-electron chi connectivity index (χ1n) is 14.1. The molecule has 4 fully saturated rings. The first kappa shape index (κ1) is 16.1. The third kappa shape index (κ3) is 3.19. The van der Waals surface area contributed by atoms with Crippen molar-refractivity contribution in [1.29, 1.82) is 0 Å². The van der Waals surface area contributed by atoms with Crippen LogP contribution in [0, 0.1) is 52.3 Å². The van der Waals surface area contributed by atoms with E-state index in [1.807, 2.05) is 20.8 Å². The highest BCUT2D eigenvalue weighted by Gasteiger charge is 2.64. The van der Waals surface area contributed by atoms with Gasteiger partial charge in [-0.1, -0.05) is 34.1 Å². The van der Waals surface area contributed by atoms with Gasteiger partial charge in [0.05, 0.1) is 13.6 Å². The van der Waals surface area contributed by atoms with Crippen LogP contribution in [0.15, 0.2) is 0 Å². The van der Waals surface area contributed by atoms with E-state index in [2.05, 4.69) is 6.92 Å². The minimum atomic E-state index is -2.89. The lowest BCUT2D eigenvalue weighted by molar-refractivity contribution is -0.203. The summed E-state index contributed by atoms with van der Waals surface area (Å²) in [7, 11) is 0. The summed E-state index contributed by atoms with van der Waals surface area (Å²) in [5.74, 6) is -1.86. The summed E-state index contributed by atoms with van der Waals surface area (Å²) in [5, 5.41) is 32.0. The first-order chi connectivity index (χ1) is 15.5. The van der Waals surface area contributed by atoms with Gasteiger partial charge >= 0.3 is 5.97 Å². The molecule has 29 heavy (non-hydrogen) atoms. The molecule has 4 aliphatic rings. The maximum absolute atomic E-state index is 11.8. The lowest BCUT2D eigenvalue weighted by Gasteiger charge is -2.64. The van der Waals surface area contributed by atoms with Crippen LogP contribution in [0.4, 0.5) is 0 Å². The first-order valence-corrected chi connectivity index (χ1v) is 11.6. The van der Waals surface area contributed by atoms with Gasteiger partial charge in [0.25, 0.3) is 0 Å². The van der Waals surface area contributed by atoms with Crippen molar-refractivity contribution in [1.82, 2.24) is 0 Å². The van der Waals surface area contributed by atoms with Gasteiger partial charge in [0.15, 0.2) is 0 Å². The molecule has 3 N–H and O–H groups in total. The fourth-order valence-electron chi connectivity index (χ4n) is 8.50. The predicted molar refractivity (Wildman–Crippen MR) is 113 cm³/mol. The zero-order valence-electron chi connectivity index (χ0n) is 23.3. The van der Waals surface area contributed by atoms with E-state index in [9.17, 15) is 20.1 Å². The van der Waals surface area contributed by atoms with Crippen molar-refractivity contribution >= 4 is 5.97 Å². The Hall–Kier alpha value is -0.610.